The summed E-state index contributed by atoms with van der Waals surface area (Å²) >= 11 is 0. The van der Waals surface area contributed by atoms with Crippen LogP contribution in [0.2, 0.25) is 0 Å². The molecule has 58 heavy (non-hydrogen) atoms. The molecule has 0 bridgehead atoms. The van der Waals surface area contributed by atoms with Crippen LogP contribution in [0.25, 0.3) is 53.9 Å². The molecule has 278 valence electrons. The zero-order valence-corrected chi connectivity index (χ0v) is 33.1. The van der Waals surface area contributed by atoms with Crippen molar-refractivity contribution < 1.29 is 0 Å². The molecule has 2 aliphatic rings. The predicted molar refractivity (Wildman–Crippen MR) is 248 cm³/mol. The fraction of sp³-hybridized carbons (Fsp3) is 0.143. The van der Waals surface area contributed by atoms with Gasteiger partial charge in [0.15, 0.2) is 0 Å². The Morgan fingerprint density at radius 3 is 1.22 bits per heavy atom. The highest BCUT2D eigenvalue weighted by Gasteiger charge is 2.26. The van der Waals surface area contributed by atoms with Gasteiger partial charge >= 0.3 is 0 Å². The Morgan fingerprint density at radius 1 is 0.328 bits per heavy atom. The maximum atomic E-state index is 2.56. The third-order valence-corrected chi connectivity index (χ3v) is 13.4. The SMILES string of the molecule is Cc1cc(N(c2ccc3c(c2)CCC3)c2cccc3ccccc23)c2ccc3c(C)cc(N(c4ccc5c(c4)CCC5)c4cccc5ccccc45)c4ccc1c2c34. The molecule has 2 heteroatoms. The summed E-state index contributed by atoms with van der Waals surface area (Å²) in [7, 11) is 0. The van der Waals surface area contributed by atoms with E-state index >= 15 is 0 Å². The van der Waals surface area contributed by atoms with E-state index in [-0.39, 0.29) is 0 Å². The monoisotopic (exact) mass is 744 g/mol. The molecule has 0 radical (unpaired) electrons. The van der Waals surface area contributed by atoms with Crippen molar-refractivity contribution in [1.82, 2.24) is 0 Å². The van der Waals surface area contributed by atoms with Gasteiger partial charge in [0.2, 0.25) is 0 Å². The fourth-order valence-electron chi connectivity index (χ4n) is 10.7. The normalized spacial score (nSPS) is 13.6. The molecular formula is C56H44N2. The number of fused-ring (bicyclic) bond motifs is 4. The molecule has 0 fully saturated rings. The summed E-state index contributed by atoms with van der Waals surface area (Å²) < 4.78 is 0. The minimum atomic E-state index is 1.14. The van der Waals surface area contributed by atoms with Gasteiger partial charge in [-0.1, -0.05) is 109 Å². The lowest BCUT2D eigenvalue weighted by atomic mass is 9.88. The Labute approximate surface area is 339 Å². The molecule has 0 aliphatic heterocycles. The smallest absolute Gasteiger partial charge is 0.0543 e. The van der Waals surface area contributed by atoms with Crippen LogP contribution in [0.5, 0.6) is 0 Å². The number of aryl methyl sites for hydroxylation is 6. The molecule has 0 unspecified atom stereocenters. The number of nitrogens with zero attached hydrogens (tertiary/aromatic N) is 2. The lowest BCUT2D eigenvalue weighted by Crippen LogP contribution is -2.13. The first-order valence-electron chi connectivity index (χ1n) is 21.1. The second-order valence-electron chi connectivity index (χ2n) is 16.8. The van der Waals surface area contributed by atoms with Crippen LogP contribution in [-0.4, -0.2) is 0 Å². The Morgan fingerprint density at radius 2 is 0.741 bits per heavy atom. The van der Waals surface area contributed by atoms with Gasteiger partial charge in [-0.25, -0.2) is 0 Å². The summed E-state index contributed by atoms with van der Waals surface area (Å²) in [4.78, 5) is 5.11. The van der Waals surface area contributed by atoms with Gasteiger partial charge in [0, 0.05) is 32.9 Å². The standard InChI is InChI=1S/C56H44N2/c1-35-31-53(57(43-25-23-37-13-7-17-41(37)33-43)51-21-9-15-39-11-3-5-19-47(39)51)49-30-28-46-36(2)32-54(50-29-27-45(35)55(49)56(46)50)58(44-26-24-38-14-8-18-42(38)34-44)52-22-10-16-40-12-4-6-20-48(40)52/h3-6,9-12,15-16,19-34H,7-8,13-14,17-18H2,1-2H3. The summed E-state index contributed by atoms with van der Waals surface area (Å²) in [6.45, 7) is 4.61. The quantitative estimate of drug-likeness (QED) is 0.156. The van der Waals surface area contributed by atoms with Gasteiger partial charge in [-0.3, -0.25) is 0 Å². The average molecular weight is 745 g/mol. The molecular weight excluding hydrogens is 701 g/mol. The van der Waals surface area contributed by atoms with Gasteiger partial charge in [-0.05, 0) is 167 Å². The summed E-state index contributed by atoms with van der Waals surface area (Å²) in [5.41, 5.74) is 15.8. The number of hydrogen-bond acceptors (Lipinski definition) is 2. The Balaban J connectivity index is 1.16. The van der Waals surface area contributed by atoms with Crippen LogP contribution in [0.15, 0.2) is 158 Å². The van der Waals surface area contributed by atoms with E-state index in [0.29, 0.717) is 0 Å². The van der Waals surface area contributed by atoms with E-state index in [0.717, 1.165) is 12.8 Å². The third-order valence-electron chi connectivity index (χ3n) is 13.4. The first kappa shape index (κ1) is 33.5. The maximum absolute atomic E-state index is 2.56. The summed E-state index contributed by atoms with van der Waals surface area (Å²) in [6, 6.07) is 60.1. The number of anilines is 6. The van der Waals surface area contributed by atoms with Crippen LogP contribution >= 0.6 is 0 Å². The van der Waals surface area contributed by atoms with Crippen LogP contribution in [0.1, 0.15) is 46.2 Å². The molecule has 0 heterocycles. The molecule has 2 nitrogen and oxygen atoms in total. The van der Waals surface area contributed by atoms with Gasteiger partial charge in [0.25, 0.3) is 0 Å². The van der Waals surface area contributed by atoms with Crippen LogP contribution in [0.3, 0.4) is 0 Å². The second-order valence-corrected chi connectivity index (χ2v) is 16.8. The van der Waals surface area contributed by atoms with Crippen molar-refractivity contribution in [2.45, 2.75) is 52.4 Å². The van der Waals surface area contributed by atoms with Crippen molar-refractivity contribution >= 4 is 88.0 Å². The lowest BCUT2D eigenvalue weighted by Gasteiger charge is -2.31. The van der Waals surface area contributed by atoms with Crippen molar-refractivity contribution in [3.8, 4) is 0 Å². The lowest BCUT2D eigenvalue weighted by molar-refractivity contribution is 0.912. The van der Waals surface area contributed by atoms with Crippen LogP contribution in [0.4, 0.5) is 34.1 Å². The highest BCUT2D eigenvalue weighted by Crippen LogP contribution is 2.51. The van der Waals surface area contributed by atoms with Gasteiger partial charge in [-0.15, -0.1) is 0 Å². The topological polar surface area (TPSA) is 6.48 Å². The minimum absolute atomic E-state index is 1.14. The minimum Gasteiger partial charge on any atom is -0.309 e. The van der Waals surface area contributed by atoms with E-state index in [9.17, 15) is 0 Å². The van der Waals surface area contributed by atoms with Crippen molar-refractivity contribution in [2.75, 3.05) is 9.80 Å². The molecule has 0 saturated carbocycles. The van der Waals surface area contributed by atoms with Gasteiger partial charge < -0.3 is 9.80 Å². The largest absolute Gasteiger partial charge is 0.309 e. The van der Waals surface area contributed by atoms with E-state index in [1.165, 1.54) is 147 Å². The molecule has 0 spiro atoms. The van der Waals surface area contributed by atoms with Crippen LogP contribution < -0.4 is 9.80 Å². The van der Waals surface area contributed by atoms with Crippen molar-refractivity contribution in [2.24, 2.45) is 0 Å². The van der Waals surface area contributed by atoms with Crippen LogP contribution in [-0.2, 0) is 25.7 Å². The van der Waals surface area contributed by atoms with E-state index in [1.807, 2.05) is 0 Å². The Kier molecular flexibility index (Phi) is 7.48. The molecule has 10 aromatic carbocycles. The first-order valence-corrected chi connectivity index (χ1v) is 21.1. The summed E-state index contributed by atoms with van der Waals surface area (Å²) in [6.07, 6.45) is 7.09. The highest BCUT2D eigenvalue weighted by atomic mass is 15.2. The highest BCUT2D eigenvalue weighted by molar-refractivity contribution is 6.29. The molecule has 0 N–H and O–H groups in total. The molecule has 0 amide bonds. The number of hydrogen-bond donors (Lipinski definition) is 0. The van der Waals surface area contributed by atoms with Crippen molar-refractivity contribution in [3.05, 3.63) is 191 Å². The van der Waals surface area contributed by atoms with Crippen molar-refractivity contribution in [1.29, 1.82) is 0 Å². The molecule has 12 rings (SSSR count). The molecule has 0 aromatic heterocycles. The Bertz CT molecular complexity index is 3050. The zero-order chi connectivity index (χ0) is 38.5. The van der Waals surface area contributed by atoms with E-state index in [1.54, 1.807) is 0 Å². The van der Waals surface area contributed by atoms with E-state index < -0.39 is 0 Å². The fourth-order valence-corrected chi connectivity index (χ4v) is 10.7. The van der Waals surface area contributed by atoms with Gasteiger partial charge in [-0.2, -0.15) is 0 Å². The molecule has 2 aliphatic carbocycles. The third kappa shape index (κ3) is 5.04. The zero-order valence-electron chi connectivity index (χ0n) is 33.1. The second kappa shape index (κ2) is 12.9. The summed E-state index contributed by atoms with van der Waals surface area (Å²) in [5, 5.41) is 12.9. The first-order chi connectivity index (χ1) is 28.6. The van der Waals surface area contributed by atoms with Gasteiger partial charge in [0.1, 0.15) is 0 Å². The summed E-state index contributed by atoms with van der Waals surface area (Å²) in [5.74, 6) is 0. The van der Waals surface area contributed by atoms with E-state index in [2.05, 4.69) is 181 Å². The van der Waals surface area contributed by atoms with Gasteiger partial charge in [0.05, 0.1) is 22.7 Å². The molecule has 0 saturated heterocycles. The number of rotatable bonds is 6. The Hall–Kier alpha value is -6.64. The number of benzene rings is 10. The average Bonchev–Trinajstić information content (AvgIpc) is 3.94. The molecule has 10 aromatic rings. The van der Waals surface area contributed by atoms with E-state index in [4.69, 9.17) is 0 Å². The molecule has 0 atom stereocenters. The van der Waals surface area contributed by atoms with Crippen molar-refractivity contribution in [3.63, 3.8) is 0 Å². The van der Waals surface area contributed by atoms with Crippen LogP contribution in [0, 0.1) is 13.8 Å². The maximum Gasteiger partial charge on any atom is 0.0543 e. The predicted octanol–water partition coefficient (Wildman–Crippen LogP) is 15.4.